The summed E-state index contributed by atoms with van der Waals surface area (Å²) in [7, 11) is 0. The van der Waals surface area contributed by atoms with Gasteiger partial charge in [-0.05, 0) is 43.2 Å². The molecule has 0 atom stereocenters. The van der Waals surface area contributed by atoms with E-state index in [9.17, 15) is 5.26 Å². The van der Waals surface area contributed by atoms with Crippen molar-refractivity contribution < 1.29 is 4.42 Å². The van der Waals surface area contributed by atoms with Crippen LogP contribution in [0.4, 0.5) is 0 Å². The highest BCUT2D eigenvalue weighted by Gasteiger charge is 2.19. The van der Waals surface area contributed by atoms with Gasteiger partial charge >= 0.3 is 0 Å². The third kappa shape index (κ3) is 2.24. The fourth-order valence-corrected chi connectivity index (χ4v) is 3.77. The van der Waals surface area contributed by atoms with E-state index in [2.05, 4.69) is 38.1 Å². The highest BCUT2D eigenvalue weighted by molar-refractivity contribution is 7.15. The molecule has 0 fully saturated rings. The Kier molecular flexibility index (Phi) is 3.47. The molecule has 3 aromatic heterocycles. The molecule has 0 saturated heterocycles. The van der Waals surface area contributed by atoms with Crippen molar-refractivity contribution in [1.82, 2.24) is 9.38 Å². The van der Waals surface area contributed by atoms with E-state index in [4.69, 9.17) is 9.40 Å². The summed E-state index contributed by atoms with van der Waals surface area (Å²) in [4.78, 5) is 5.67. The molecule has 0 N–H and O–H groups in total. The highest BCUT2D eigenvalue weighted by atomic mass is 32.1. The quantitative estimate of drug-likeness (QED) is 0.530. The average Bonchev–Trinajstić information content (AvgIpc) is 3.27. The molecule has 0 bridgehead atoms. The first-order valence-electron chi connectivity index (χ1n) is 7.66. The molecule has 4 nitrogen and oxygen atoms in total. The summed E-state index contributed by atoms with van der Waals surface area (Å²) in [6.07, 6.45) is 1.96. The number of rotatable bonds is 3. The summed E-state index contributed by atoms with van der Waals surface area (Å²) in [5.74, 6) is 0.782. The van der Waals surface area contributed by atoms with Gasteiger partial charge in [-0.2, -0.15) is 5.26 Å². The molecule has 118 valence electrons. The number of fused-ring (bicyclic) bond motifs is 1. The second kappa shape index (κ2) is 5.66. The number of aromatic nitrogens is 2. The zero-order valence-electron chi connectivity index (χ0n) is 13.4. The molecule has 0 radical (unpaired) electrons. The zero-order valence-corrected chi connectivity index (χ0v) is 14.2. The Balaban J connectivity index is 1.98. The van der Waals surface area contributed by atoms with E-state index in [1.54, 1.807) is 17.6 Å². The maximum Gasteiger partial charge on any atom is 0.195 e. The minimum absolute atomic E-state index is 0.299. The van der Waals surface area contributed by atoms with Crippen LogP contribution in [-0.4, -0.2) is 9.38 Å². The summed E-state index contributed by atoms with van der Waals surface area (Å²) in [6.45, 7) is 4.19. The number of furan rings is 1. The summed E-state index contributed by atoms with van der Waals surface area (Å²) in [5.41, 5.74) is 6.23. The first-order valence-corrected chi connectivity index (χ1v) is 8.54. The number of thiazole rings is 1. The van der Waals surface area contributed by atoms with Gasteiger partial charge in [0.25, 0.3) is 0 Å². The van der Waals surface area contributed by atoms with Gasteiger partial charge in [0.1, 0.15) is 5.69 Å². The van der Waals surface area contributed by atoms with Crippen LogP contribution in [-0.2, 0) is 6.42 Å². The number of hydrogen-bond donors (Lipinski definition) is 0. The van der Waals surface area contributed by atoms with Crippen LogP contribution < -0.4 is 0 Å². The van der Waals surface area contributed by atoms with Crippen LogP contribution in [0.5, 0.6) is 0 Å². The van der Waals surface area contributed by atoms with Gasteiger partial charge in [-0.3, -0.25) is 4.40 Å². The number of aryl methyl sites for hydroxylation is 2. The van der Waals surface area contributed by atoms with E-state index in [0.29, 0.717) is 6.42 Å². The molecule has 0 amide bonds. The second-order valence-electron chi connectivity index (χ2n) is 5.76. The van der Waals surface area contributed by atoms with Crippen molar-refractivity contribution >= 4 is 16.3 Å². The first kappa shape index (κ1) is 14.7. The summed E-state index contributed by atoms with van der Waals surface area (Å²) < 4.78 is 7.58. The topological polar surface area (TPSA) is 54.2 Å². The standard InChI is InChI=1S/C19H15N3OS/c1-12-5-6-14(10-13(12)2)18-15(7-8-20)22-16(11-24-19(22)21-18)17-4-3-9-23-17/h3-6,9-11H,7H2,1-2H3. The molecule has 0 saturated carbocycles. The Morgan fingerprint density at radius 1 is 1.25 bits per heavy atom. The third-order valence-electron chi connectivity index (χ3n) is 4.26. The maximum atomic E-state index is 9.32. The van der Waals surface area contributed by atoms with Crippen molar-refractivity contribution in [2.75, 3.05) is 0 Å². The predicted octanol–water partition coefficient (Wildman–Crippen LogP) is 5.01. The Labute approximate surface area is 143 Å². The van der Waals surface area contributed by atoms with E-state index in [0.717, 1.165) is 33.4 Å². The minimum Gasteiger partial charge on any atom is -0.463 e. The lowest BCUT2D eigenvalue weighted by molar-refractivity contribution is 0.579. The first-order chi connectivity index (χ1) is 11.7. The van der Waals surface area contributed by atoms with E-state index in [1.807, 2.05) is 21.9 Å². The largest absolute Gasteiger partial charge is 0.463 e. The lowest BCUT2D eigenvalue weighted by atomic mass is 10.0. The van der Waals surface area contributed by atoms with Crippen LogP contribution >= 0.6 is 11.3 Å². The summed E-state index contributed by atoms with van der Waals surface area (Å²) >= 11 is 1.56. The van der Waals surface area contributed by atoms with Gasteiger partial charge in [-0.25, -0.2) is 4.98 Å². The number of nitriles is 1. The fourth-order valence-electron chi connectivity index (χ4n) is 2.87. The molecule has 0 spiro atoms. The lowest BCUT2D eigenvalue weighted by Gasteiger charge is -2.06. The van der Waals surface area contributed by atoms with Crippen LogP contribution in [0.1, 0.15) is 16.8 Å². The number of nitrogens with zero attached hydrogens (tertiary/aromatic N) is 3. The van der Waals surface area contributed by atoms with Gasteiger partial charge in [-0.15, -0.1) is 11.3 Å². The van der Waals surface area contributed by atoms with Gasteiger partial charge in [-0.1, -0.05) is 12.1 Å². The Morgan fingerprint density at radius 3 is 2.83 bits per heavy atom. The SMILES string of the molecule is Cc1ccc(-c2nc3scc(-c4ccco4)n3c2CC#N)cc1C. The van der Waals surface area contributed by atoms with E-state index >= 15 is 0 Å². The van der Waals surface area contributed by atoms with Gasteiger partial charge in [0, 0.05) is 10.9 Å². The molecule has 0 aliphatic rings. The van der Waals surface area contributed by atoms with Crippen molar-refractivity contribution in [3.8, 4) is 28.8 Å². The molecule has 5 heteroatoms. The van der Waals surface area contributed by atoms with E-state index in [-0.39, 0.29) is 0 Å². The van der Waals surface area contributed by atoms with Crippen LogP contribution in [0.15, 0.2) is 46.4 Å². The average molecular weight is 333 g/mol. The Bertz CT molecular complexity index is 1060. The molecular formula is C19H15N3OS. The smallest absolute Gasteiger partial charge is 0.195 e. The van der Waals surface area contributed by atoms with Crippen LogP contribution in [0.3, 0.4) is 0 Å². The number of benzene rings is 1. The molecule has 4 rings (SSSR count). The van der Waals surface area contributed by atoms with Gasteiger partial charge in [0.2, 0.25) is 0 Å². The zero-order chi connectivity index (χ0) is 16.7. The highest BCUT2D eigenvalue weighted by Crippen LogP contribution is 2.33. The second-order valence-corrected chi connectivity index (χ2v) is 6.59. The van der Waals surface area contributed by atoms with E-state index in [1.165, 1.54) is 11.1 Å². The molecule has 0 aliphatic heterocycles. The Morgan fingerprint density at radius 2 is 2.12 bits per heavy atom. The monoisotopic (exact) mass is 333 g/mol. The number of imidazole rings is 1. The third-order valence-corrected chi connectivity index (χ3v) is 5.09. The van der Waals surface area contributed by atoms with Crippen LogP contribution in [0, 0.1) is 25.2 Å². The molecule has 0 unspecified atom stereocenters. The minimum atomic E-state index is 0.299. The maximum absolute atomic E-state index is 9.32. The van der Waals surface area contributed by atoms with Gasteiger partial charge < -0.3 is 4.42 Å². The van der Waals surface area contributed by atoms with Crippen LogP contribution in [0.25, 0.3) is 27.7 Å². The normalized spacial score (nSPS) is 11.0. The van der Waals surface area contributed by atoms with Crippen molar-refractivity contribution in [1.29, 1.82) is 5.26 Å². The lowest BCUT2D eigenvalue weighted by Crippen LogP contribution is -1.95. The Hall–Kier alpha value is -2.84. The summed E-state index contributed by atoms with van der Waals surface area (Å²) in [5, 5.41) is 11.3. The van der Waals surface area contributed by atoms with Gasteiger partial charge in [0.05, 0.1) is 30.1 Å². The van der Waals surface area contributed by atoms with Crippen molar-refractivity contribution in [3.05, 3.63) is 58.8 Å². The van der Waals surface area contributed by atoms with Crippen molar-refractivity contribution in [2.45, 2.75) is 20.3 Å². The van der Waals surface area contributed by atoms with E-state index < -0.39 is 0 Å². The molecule has 4 aromatic rings. The van der Waals surface area contributed by atoms with Crippen molar-refractivity contribution in [2.24, 2.45) is 0 Å². The van der Waals surface area contributed by atoms with Crippen LogP contribution in [0.2, 0.25) is 0 Å². The van der Waals surface area contributed by atoms with Gasteiger partial charge in [0.15, 0.2) is 10.7 Å². The summed E-state index contributed by atoms with van der Waals surface area (Å²) in [6, 6.07) is 12.4. The molecular weight excluding hydrogens is 318 g/mol. The molecule has 0 aliphatic carbocycles. The number of hydrogen-bond acceptors (Lipinski definition) is 4. The van der Waals surface area contributed by atoms with Crippen molar-refractivity contribution in [3.63, 3.8) is 0 Å². The molecule has 24 heavy (non-hydrogen) atoms. The predicted molar refractivity (Wildman–Crippen MR) is 95.0 cm³/mol. The molecule has 1 aromatic carbocycles. The molecule has 3 heterocycles. The fraction of sp³-hybridized carbons (Fsp3) is 0.158.